The minimum atomic E-state index is -0.505. The van der Waals surface area contributed by atoms with Crippen LogP contribution in [0.4, 0.5) is 4.79 Å². The standard InChI is InChI=1S/C18H23BrN2O3/c1-17(2,3)24-16(23)21-11-10-20(12-18(21)8-9-18)15(22)13-6-4-5-7-14(13)19/h4-7H,8-12H2,1-3H3. The zero-order chi connectivity index (χ0) is 17.5. The number of carbonyl (C=O) groups excluding carboxylic acids is 2. The van der Waals surface area contributed by atoms with E-state index in [1.165, 1.54) is 0 Å². The Morgan fingerprint density at radius 1 is 1.17 bits per heavy atom. The van der Waals surface area contributed by atoms with Gasteiger partial charge < -0.3 is 9.64 Å². The van der Waals surface area contributed by atoms with E-state index in [1.54, 1.807) is 0 Å². The molecule has 1 aliphatic heterocycles. The van der Waals surface area contributed by atoms with E-state index in [1.807, 2.05) is 54.8 Å². The van der Waals surface area contributed by atoms with Crippen LogP contribution in [0, 0.1) is 0 Å². The normalized spacial score (nSPS) is 19.3. The lowest BCUT2D eigenvalue weighted by Crippen LogP contribution is -2.59. The third-order valence-corrected chi connectivity index (χ3v) is 5.18. The molecule has 0 atom stereocenters. The Hall–Kier alpha value is -1.56. The fourth-order valence-electron chi connectivity index (χ4n) is 3.13. The summed E-state index contributed by atoms with van der Waals surface area (Å²) in [6.45, 7) is 7.24. The number of rotatable bonds is 1. The predicted molar refractivity (Wildman–Crippen MR) is 95.0 cm³/mol. The quantitative estimate of drug-likeness (QED) is 0.729. The summed E-state index contributed by atoms with van der Waals surface area (Å²) < 4.78 is 6.33. The van der Waals surface area contributed by atoms with E-state index in [-0.39, 0.29) is 17.5 Å². The van der Waals surface area contributed by atoms with Crippen molar-refractivity contribution >= 4 is 27.9 Å². The lowest BCUT2D eigenvalue weighted by atomic mass is 10.1. The summed E-state index contributed by atoms with van der Waals surface area (Å²) in [7, 11) is 0. The van der Waals surface area contributed by atoms with E-state index in [9.17, 15) is 9.59 Å². The van der Waals surface area contributed by atoms with Gasteiger partial charge in [-0.25, -0.2) is 4.79 Å². The molecule has 2 amide bonds. The Morgan fingerprint density at radius 3 is 2.42 bits per heavy atom. The van der Waals surface area contributed by atoms with Crippen molar-refractivity contribution in [3.8, 4) is 0 Å². The zero-order valence-corrected chi connectivity index (χ0v) is 15.9. The highest BCUT2D eigenvalue weighted by atomic mass is 79.9. The van der Waals surface area contributed by atoms with Gasteiger partial charge in [0.15, 0.2) is 0 Å². The first-order chi connectivity index (χ1) is 11.2. The molecule has 24 heavy (non-hydrogen) atoms. The number of piperazine rings is 1. The second-order valence-electron chi connectivity index (χ2n) is 7.56. The molecule has 2 aliphatic rings. The highest BCUT2D eigenvalue weighted by Crippen LogP contribution is 2.45. The highest BCUT2D eigenvalue weighted by molar-refractivity contribution is 9.10. The smallest absolute Gasteiger partial charge is 0.410 e. The monoisotopic (exact) mass is 394 g/mol. The fraction of sp³-hybridized carbons (Fsp3) is 0.556. The first-order valence-electron chi connectivity index (χ1n) is 8.26. The molecule has 130 valence electrons. The van der Waals surface area contributed by atoms with Gasteiger partial charge in [0.05, 0.1) is 11.1 Å². The molecule has 1 aromatic carbocycles. The predicted octanol–water partition coefficient (Wildman–Crippen LogP) is 3.67. The summed E-state index contributed by atoms with van der Waals surface area (Å²) in [4.78, 5) is 28.9. The van der Waals surface area contributed by atoms with Crippen LogP contribution >= 0.6 is 15.9 Å². The van der Waals surface area contributed by atoms with Crippen LogP contribution in [0.2, 0.25) is 0 Å². The van der Waals surface area contributed by atoms with Gasteiger partial charge in [-0.15, -0.1) is 0 Å². The Kier molecular flexibility index (Phi) is 4.36. The summed E-state index contributed by atoms with van der Waals surface area (Å²) in [6, 6.07) is 7.45. The van der Waals surface area contributed by atoms with Gasteiger partial charge in [-0.2, -0.15) is 0 Å². The molecule has 0 bridgehead atoms. The van der Waals surface area contributed by atoms with E-state index < -0.39 is 5.60 Å². The minimum Gasteiger partial charge on any atom is -0.444 e. The molecule has 0 aromatic heterocycles. The molecule has 0 radical (unpaired) electrons. The number of benzene rings is 1. The van der Waals surface area contributed by atoms with Gasteiger partial charge >= 0.3 is 6.09 Å². The van der Waals surface area contributed by atoms with Crippen molar-refractivity contribution in [1.29, 1.82) is 0 Å². The van der Waals surface area contributed by atoms with Crippen molar-refractivity contribution in [3.63, 3.8) is 0 Å². The maximum absolute atomic E-state index is 12.8. The average Bonchev–Trinajstić information content (AvgIpc) is 3.24. The van der Waals surface area contributed by atoms with Crippen molar-refractivity contribution in [2.45, 2.75) is 44.8 Å². The number of ether oxygens (including phenoxy) is 1. The second-order valence-corrected chi connectivity index (χ2v) is 8.42. The number of halogens is 1. The first kappa shape index (κ1) is 17.3. The summed E-state index contributed by atoms with van der Waals surface area (Å²) in [6.07, 6.45) is 1.57. The highest BCUT2D eigenvalue weighted by Gasteiger charge is 2.55. The number of hydrogen-bond acceptors (Lipinski definition) is 3. The van der Waals surface area contributed by atoms with E-state index in [0.29, 0.717) is 25.2 Å². The van der Waals surface area contributed by atoms with E-state index in [4.69, 9.17) is 4.74 Å². The van der Waals surface area contributed by atoms with Crippen LogP contribution in [0.25, 0.3) is 0 Å². The maximum atomic E-state index is 12.8. The van der Waals surface area contributed by atoms with Crippen LogP contribution in [0.1, 0.15) is 44.0 Å². The minimum absolute atomic E-state index is 0.0117. The molecule has 1 spiro atoms. The van der Waals surface area contributed by atoms with Crippen molar-refractivity contribution in [3.05, 3.63) is 34.3 Å². The Morgan fingerprint density at radius 2 is 1.83 bits per heavy atom. The summed E-state index contributed by atoms with van der Waals surface area (Å²) in [5.41, 5.74) is -0.0778. The Bertz CT molecular complexity index is 664. The topological polar surface area (TPSA) is 49.9 Å². The van der Waals surface area contributed by atoms with Crippen LogP contribution in [0.15, 0.2) is 28.7 Å². The van der Waals surface area contributed by atoms with Gasteiger partial charge in [-0.05, 0) is 61.7 Å². The third kappa shape index (κ3) is 3.43. The average molecular weight is 395 g/mol. The van der Waals surface area contributed by atoms with Crippen molar-refractivity contribution in [2.75, 3.05) is 19.6 Å². The molecule has 6 heteroatoms. The van der Waals surface area contributed by atoms with Gasteiger partial charge in [0.1, 0.15) is 5.60 Å². The number of carbonyl (C=O) groups is 2. The number of nitrogens with zero attached hydrogens (tertiary/aromatic N) is 2. The first-order valence-corrected chi connectivity index (χ1v) is 9.06. The fourth-order valence-corrected chi connectivity index (χ4v) is 3.58. The largest absolute Gasteiger partial charge is 0.444 e. The van der Waals surface area contributed by atoms with Crippen LogP contribution in [-0.4, -0.2) is 52.6 Å². The molecule has 2 fully saturated rings. The van der Waals surface area contributed by atoms with Gasteiger partial charge in [0.25, 0.3) is 5.91 Å². The molecule has 1 aromatic rings. The maximum Gasteiger partial charge on any atom is 0.410 e. The molecule has 1 aliphatic carbocycles. The summed E-state index contributed by atoms with van der Waals surface area (Å²) >= 11 is 3.44. The second kappa shape index (κ2) is 6.06. The van der Waals surface area contributed by atoms with E-state index in [2.05, 4.69) is 15.9 Å². The SMILES string of the molecule is CC(C)(C)OC(=O)N1CCN(C(=O)c2ccccc2Br)CC12CC2. The summed E-state index contributed by atoms with van der Waals surface area (Å²) in [5.74, 6) is 0.0117. The van der Waals surface area contributed by atoms with Crippen molar-refractivity contribution in [1.82, 2.24) is 9.80 Å². The molecule has 1 saturated heterocycles. The van der Waals surface area contributed by atoms with E-state index >= 15 is 0 Å². The third-order valence-electron chi connectivity index (χ3n) is 4.48. The van der Waals surface area contributed by atoms with Crippen LogP contribution < -0.4 is 0 Å². The summed E-state index contributed by atoms with van der Waals surface area (Å²) in [5, 5.41) is 0. The molecule has 0 unspecified atom stereocenters. The van der Waals surface area contributed by atoms with Crippen molar-refractivity contribution in [2.24, 2.45) is 0 Å². The van der Waals surface area contributed by atoms with Gasteiger partial charge in [-0.3, -0.25) is 9.69 Å². The molecule has 0 N–H and O–H groups in total. The molecule has 5 nitrogen and oxygen atoms in total. The number of hydrogen-bond donors (Lipinski definition) is 0. The Balaban J connectivity index is 1.72. The van der Waals surface area contributed by atoms with Gasteiger partial charge in [-0.1, -0.05) is 12.1 Å². The number of amides is 2. The van der Waals surface area contributed by atoms with Crippen LogP contribution in [-0.2, 0) is 4.74 Å². The molecular formula is C18H23BrN2O3. The van der Waals surface area contributed by atoms with Crippen LogP contribution in [0.3, 0.4) is 0 Å². The van der Waals surface area contributed by atoms with Crippen LogP contribution in [0.5, 0.6) is 0 Å². The van der Waals surface area contributed by atoms with Gasteiger partial charge in [0.2, 0.25) is 0 Å². The Labute approximate surface area is 151 Å². The lowest BCUT2D eigenvalue weighted by molar-refractivity contribution is -0.00574. The zero-order valence-electron chi connectivity index (χ0n) is 14.3. The van der Waals surface area contributed by atoms with E-state index in [0.717, 1.165) is 17.3 Å². The van der Waals surface area contributed by atoms with Gasteiger partial charge in [0, 0.05) is 24.1 Å². The molecular weight excluding hydrogens is 372 g/mol. The molecule has 1 heterocycles. The lowest BCUT2D eigenvalue weighted by Gasteiger charge is -2.42. The molecule has 1 saturated carbocycles. The molecule has 3 rings (SSSR count). The van der Waals surface area contributed by atoms with Crippen molar-refractivity contribution < 1.29 is 14.3 Å².